The van der Waals surface area contributed by atoms with Gasteiger partial charge in [0.1, 0.15) is 29.9 Å². The van der Waals surface area contributed by atoms with E-state index in [-0.39, 0.29) is 24.1 Å². The average Bonchev–Trinajstić information content (AvgIpc) is 3.58. The molecule has 1 aliphatic rings. The molecule has 4 aromatic rings. The monoisotopic (exact) mass is 558 g/mol. The Morgan fingerprint density at radius 2 is 1.90 bits per heavy atom. The first-order valence-electron chi connectivity index (χ1n) is 12.3. The third-order valence-electron chi connectivity index (χ3n) is 6.44. The summed E-state index contributed by atoms with van der Waals surface area (Å²) in [5.41, 5.74) is 2.85. The first kappa shape index (κ1) is 26.9. The predicted octanol–water partition coefficient (Wildman–Crippen LogP) is 4.81. The average molecular weight is 559 g/mol. The van der Waals surface area contributed by atoms with Crippen molar-refractivity contribution in [1.82, 2.24) is 10.3 Å². The predicted molar refractivity (Wildman–Crippen MR) is 153 cm³/mol. The molecule has 0 radical (unpaired) electrons. The van der Waals surface area contributed by atoms with Gasteiger partial charge in [-0.2, -0.15) is 0 Å². The fourth-order valence-corrected chi connectivity index (χ4v) is 4.97. The van der Waals surface area contributed by atoms with Crippen LogP contribution in [0.15, 0.2) is 83.4 Å². The summed E-state index contributed by atoms with van der Waals surface area (Å²) in [7, 11) is 2.97. The molecule has 10 nitrogen and oxygen atoms in total. The number of nitrogens with one attached hydrogen (secondary N) is 2. The molecule has 2 aromatic carbocycles. The SMILES string of the molecule is COCC(=O)Nc1cc(N2C(=S)NC(c3ccccn3)C2c2ccc(-c3ccc(C(=O)O)cc3)o2)ccc1OC. The number of aromatic carboxylic acids is 1. The molecule has 2 atom stereocenters. The molecule has 0 bridgehead atoms. The third-order valence-corrected chi connectivity index (χ3v) is 6.76. The van der Waals surface area contributed by atoms with Crippen molar-refractivity contribution in [3.05, 3.63) is 96.0 Å². The number of aromatic nitrogens is 1. The number of ether oxygens (including phenoxy) is 2. The molecule has 0 aliphatic carbocycles. The second-order valence-electron chi connectivity index (χ2n) is 8.95. The molecule has 1 saturated heterocycles. The maximum absolute atomic E-state index is 12.3. The molecule has 2 aromatic heterocycles. The van der Waals surface area contributed by atoms with Crippen molar-refractivity contribution >= 4 is 40.6 Å². The van der Waals surface area contributed by atoms with Crippen LogP contribution < -0.4 is 20.3 Å². The van der Waals surface area contributed by atoms with Gasteiger partial charge >= 0.3 is 5.97 Å². The standard InChI is InChI=1S/C29H26N4O6S/c1-37-16-25(34)31-21-15-19(10-11-23(21)38-2)33-27(26(32-29(33)40)20-5-3-4-14-30-20)24-13-12-22(39-24)17-6-8-18(9-7-17)28(35)36/h3-15,26-27H,16H2,1-2H3,(H,31,34)(H,32,40)(H,35,36). The van der Waals surface area contributed by atoms with Crippen molar-refractivity contribution in [2.45, 2.75) is 12.1 Å². The maximum atomic E-state index is 12.3. The number of hydrogen-bond donors (Lipinski definition) is 3. The molecule has 2 unspecified atom stereocenters. The first-order chi connectivity index (χ1) is 19.4. The molecule has 1 amide bonds. The van der Waals surface area contributed by atoms with Gasteiger partial charge in [0.2, 0.25) is 5.91 Å². The van der Waals surface area contributed by atoms with E-state index >= 15 is 0 Å². The number of pyridine rings is 1. The van der Waals surface area contributed by atoms with Gasteiger partial charge in [-0.15, -0.1) is 0 Å². The van der Waals surface area contributed by atoms with E-state index in [2.05, 4.69) is 15.6 Å². The molecule has 1 fully saturated rings. The molecular weight excluding hydrogens is 532 g/mol. The van der Waals surface area contributed by atoms with Crippen LogP contribution in [0.1, 0.15) is 33.9 Å². The number of benzene rings is 2. The van der Waals surface area contributed by atoms with Gasteiger partial charge in [0.25, 0.3) is 0 Å². The summed E-state index contributed by atoms with van der Waals surface area (Å²) in [4.78, 5) is 30.0. The molecule has 0 spiro atoms. The summed E-state index contributed by atoms with van der Waals surface area (Å²) in [6.45, 7) is -0.107. The smallest absolute Gasteiger partial charge is 0.335 e. The van der Waals surface area contributed by atoms with Crippen LogP contribution in [0.25, 0.3) is 11.3 Å². The second kappa shape index (κ2) is 11.6. The summed E-state index contributed by atoms with van der Waals surface area (Å²) >= 11 is 5.80. The van der Waals surface area contributed by atoms with Gasteiger partial charge in [-0.3, -0.25) is 9.78 Å². The summed E-state index contributed by atoms with van der Waals surface area (Å²) in [6, 6.07) is 20.4. The minimum absolute atomic E-state index is 0.107. The van der Waals surface area contributed by atoms with Gasteiger partial charge in [0.05, 0.1) is 30.1 Å². The molecule has 40 heavy (non-hydrogen) atoms. The van der Waals surface area contributed by atoms with Gasteiger partial charge in [-0.1, -0.05) is 18.2 Å². The summed E-state index contributed by atoms with van der Waals surface area (Å²) in [6.07, 6.45) is 1.72. The first-order valence-corrected chi connectivity index (χ1v) is 12.7. The number of nitrogens with zero attached hydrogens (tertiary/aromatic N) is 2. The largest absolute Gasteiger partial charge is 0.495 e. The third kappa shape index (κ3) is 5.37. The minimum atomic E-state index is -0.997. The molecule has 0 saturated carbocycles. The van der Waals surface area contributed by atoms with Crippen molar-refractivity contribution in [3.8, 4) is 17.1 Å². The van der Waals surface area contributed by atoms with E-state index < -0.39 is 12.0 Å². The fourth-order valence-electron chi connectivity index (χ4n) is 4.63. The lowest BCUT2D eigenvalue weighted by molar-refractivity contribution is -0.119. The fraction of sp³-hybridized carbons (Fsp3) is 0.172. The molecule has 1 aliphatic heterocycles. The molecule has 11 heteroatoms. The van der Waals surface area contributed by atoms with Gasteiger partial charge in [0, 0.05) is 24.6 Å². The van der Waals surface area contributed by atoms with Gasteiger partial charge in [-0.25, -0.2) is 4.79 Å². The van der Waals surface area contributed by atoms with E-state index in [1.165, 1.54) is 26.4 Å². The Balaban J connectivity index is 1.56. The van der Waals surface area contributed by atoms with E-state index in [0.29, 0.717) is 33.8 Å². The highest BCUT2D eigenvalue weighted by atomic mass is 32.1. The van der Waals surface area contributed by atoms with Crippen LogP contribution in [0.3, 0.4) is 0 Å². The highest BCUT2D eigenvalue weighted by Gasteiger charge is 2.42. The number of carbonyl (C=O) groups is 2. The number of hydrogen-bond acceptors (Lipinski definition) is 7. The quantitative estimate of drug-likeness (QED) is 0.246. The number of methoxy groups -OCH3 is 2. The minimum Gasteiger partial charge on any atom is -0.495 e. The van der Waals surface area contributed by atoms with Crippen LogP contribution in [-0.4, -0.2) is 47.9 Å². The van der Waals surface area contributed by atoms with Crippen LogP contribution >= 0.6 is 12.2 Å². The van der Waals surface area contributed by atoms with E-state index in [9.17, 15) is 14.7 Å². The van der Waals surface area contributed by atoms with Crippen molar-refractivity contribution in [2.24, 2.45) is 0 Å². The van der Waals surface area contributed by atoms with Gasteiger partial charge in [-0.05, 0) is 66.8 Å². The van der Waals surface area contributed by atoms with E-state index in [1.54, 1.807) is 30.5 Å². The van der Waals surface area contributed by atoms with E-state index in [0.717, 1.165) is 11.3 Å². The zero-order chi connectivity index (χ0) is 28.2. The number of amides is 1. The highest BCUT2D eigenvalue weighted by molar-refractivity contribution is 7.80. The van der Waals surface area contributed by atoms with Crippen molar-refractivity contribution in [2.75, 3.05) is 31.0 Å². The molecule has 5 rings (SSSR count). The molecule has 3 N–H and O–H groups in total. The number of carbonyl (C=O) groups excluding carboxylic acids is 1. The van der Waals surface area contributed by atoms with E-state index in [4.69, 9.17) is 26.1 Å². The zero-order valence-electron chi connectivity index (χ0n) is 21.7. The number of thiocarbonyl (C=S) groups is 1. The number of rotatable bonds is 9. The summed E-state index contributed by atoms with van der Waals surface area (Å²) in [5.74, 6) is 0.345. The van der Waals surface area contributed by atoms with Crippen LogP contribution in [0.5, 0.6) is 5.75 Å². The Labute approximate surface area is 235 Å². The molecular formula is C29H26N4O6S. The van der Waals surface area contributed by atoms with E-state index in [1.807, 2.05) is 41.3 Å². The van der Waals surface area contributed by atoms with Gasteiger partial charge in [0.15, 0.2) is 5.11 Å². The molecule has 204 valence electrons. The Kier molecular flexibility index (Phi) is 7.76. The zero-order valence-corrected chi connectivity index (χ0v) is 22.5. The normalized spacial score (nSPS) is 16.4. The van der Waals surface area contributed by atoms with Crippen LogP contribution in [-0.2, 0) is 9.53 Å². The maximum Gasteiger partial charge on any atom is 0.335 e. The number of anilines is 2. The summed E-state index contributed by atoms with van der Waals surface area (Å²) in [5, 5.41) is 15.9. The Bertz CT molecular complexity index is 1540. The Morgan fingerprint density at radius 1 is 1.10 bits per heavy atom. The van der Waals surface area contributed by atoms with Crippen LogP contribution in [0.4, 0.5) is 11.4 Å². The highest BCUT2D eigenvalue weighted by Crippen LogP contribution is 2.44. The Morgan fingerprint density at radius 3 is 2.58 bits per heavy atom. The Hall–Kier alpha value is -4.74. The van der Waals surface area contributed by atoms with Gasteiger partial charge < -0.3 is 34.5 Å². The van der Waals surface area contributed by atoms with Crippen molar-refractivity contribution < 1.29 is 28.6 Å². The molecule has 3 heterocycles. The number of carboxylic acid groups (broad SMARTS) is 1. The lowest BCUT2D eigenvalue weighted by atomic mass is 10.0. The van der Waals surface area contributed by atoms with Crippen molar-refractivity contribution in [1.29, 1.82) is 0 Å². The lowest BCUT2D eigenvalue weighted by Gasteiger charge is -2.27. The second-order valence-corrected chi connectivity index (χ2v) is 9.33. The topological polar surface area (TPSA) is 126 Å². The lowest BCUT2D eigenvalue weighted by Crippen LogP contribution is -2.29. The van der Waals surface area contributed by atoms with Crippen LogP contribution in [0, 0.1) is 0 Å². The summed E-state index contributed by atoms with van der Waals surface area (Å²) < 4.78 is 16.8. The number of furan rings is 1. The number of carboxylic acids is 1. The van der Waals surface area contributed by atoms with Crippen molar-refractivity contribution in [3.63, 3.8) is 0 Å². The van der Waals surface area contributed by atoms with Crippen LogP contribution in [0.2, 0.25) is 0 Å².